The Bertz CT molecular complexity index is 2160. The molecule has 2 heterocycles. The van der Waals surface area contributed by atoms with Crippen LogP contribution in [0.15, 0.2) is 152 Å². The number of likely N-dealkylation sites (tertiary alicyclic amines) is 1. The minimum absolute atomic E-state index is 0.0841. The zero-order chi connectivity index (χ0) is 39.9. The third kappa shape index (κ3) is 8.43. The Balaban J connectivity index is 1.55. The summed E-state index contributed by atoms with van der Waals surface area (Å²) in [5.41, 5.74) is 1.34. The van der Waals surface area contributed by atoms with Gasteiger partial charge in [-0.3, -0.25) is 19.4 Å². The lowest BCUT2D eigenvalue weighted by Crippen LogP contribution is -2.69. The van der Waals surface area contributed by atoms with Gasteiger partial charge >= 0.3 is 5.97 Å². The quantitative estimate of drug-likeness (QED) is 0.0310. The maximum atomic E-state index is 15.0. The molecule has 9 nitrogen and oxygen atoms in total. The first-order valence-electron chi connectivity index (χ1n) is 18.5. The number of benzene rings is 4. The van der Waals surface area contributed by atoms with Crippen molar-refractivity contribution < 1.29 is 28.3 Å². The third-order valence-electron chi connectivity index (χ3n) is 9.58. The second-order valence-electron chi connectivity index (χ2n) is 14.5. The first-order chi connectivity index (χ1) is 27.0. The predicted octanol–water partition coefficient (Wildman–Crippen LogP) is 6.83. The zero-order valence-electron chi connectivity index (χ0n) is 32.0. The van der Waals surface area contributed by atoms with E-state index in [9.17, 15) is 19.2 Å². The molecule has 4 aromatic carbocycles. The van der Waals surface area contributed by atoms with Crippen LogP contribution in [0.1, 0.15) is 34.1 Å². The molecular weight excluding hydrogens is 738 g/mol. The molecule has 286 valence electrons. The number of ketones is 1. The van der Waals surface area contributed by atoms with Crippen molar-refractivity contribution in [2.75, 3.05) is 11.9 Å². The molecule has 0 saturated carbocycles. The van der Waals surface area contributed by atoms with Gasteiger partial charge in [-0.1, -0.05) is 116 Å². The van der Waals surface area contributed by atoms with E-state index in [1.165, 1.54) is 11.0 Å². The Morgan fingerprint density at radius 2 is 1.36 bits per heavy atom. The Hall–Kier alpha value is -5.67. The van der Waals surface area contributed by atoms with Crippen molar-refractivity contribution in [2.45, 2.75) is 45.1 Å². The number of carbonyl (C=O) groups is 4. The van der Waals surface area contributed by atoms with E-state index in [4.69, 9.17) is 9.16 Å². The fourth-order valence-electron chi connectivity index (χ4n) is 7.34. The van der Waals surface area contributed by atoms with Crippen LogP contribution in [-0.4, -0.2) is 65.9 Å². The SMILES string of the molecule is C=CCOC(=O)C(N1C(=O)C(C(C)O[Si](C)(C)C)C1CC(=O)c1cccc(C(=O)Nc2ccncc2)c1)=P(c1ccccc1)(c1ccccc1)c1ccccc1. The maximum absolute atomic E-state index is 15.0. The van der Waals surface area contributed by atoms with E-state index < -0.39 is 39.2 Å². The molecule has 6 rings (SSSR count). The number of amides is 2. The molecule has 0 aliphatic carbocycles. The molecule has 0 radical (unpaired) electrons. The van der Waals surface area contributed by atoms with Crippen LogP contribution in [0.3, 0.4) is 0 Å². The van der Waals surface area contributed by atoms with Crippen molar-refractivity contribution in [1.82, 2.24) is 9.88 Å². The molecule has 3 atom stereocenters. The molecule has 1 N–H and O–H groups in total. The van der Waals surface area contributed by atoms with Gasteiger partial charge in [-0.05, 0) is 66.7 Å². The smallest absolute Gasteiger partial charge is 0.356 e. The van der Waals surface area contributed by atoms with Crippen LogP contribution >= 0.6 is 6.89 Å². The number of hydrogen-bond donors (Lipinski definition) is 1. The highest BCUT2D eigenvalue weighted by Crippen LogP contribution is 2.50. The average molecular weight is 784 g/mol. The van der Waals surface area contributed by atoms with E-state index in [1.807, 2.05) is 118 Å². The molecule has 3 unspecified atom stereocenters. The Labute approximate surface area is 329 Å². The summed E-state index contributed by atoms with van der Waals surface area (Å²) in [6.45, 7) is 8.49. The van der Waals surface area contributed by atoms with Crippen LogP contribution in [0.2, 0.25) is 19.6 Å². The normalized spacial score (nSPS) is 15.9. The summed E-state index contributed by atoms with van der Waals surface area (Å²) < 4.78 is 12.4. The maximum Gasteiger partial charge on any atom is 0.356 e. The van der Waals surface area contributed by atoms with Crippen LogP contribution < -0.4 is 21.2 Å². The van der Waals surface area contributed by atoms with Crippen molar-refractivity contribution in [2.24, 2.45) is 5.92 Å². The number of nitrogens with zero attached hydrogens (tertiary/aromatic N) is 2. The molecule has 1 aromatic heterocycles. The molecule has 2 amide bonds. The molecule has 0 spiro atoms. The number of anilines is 1. The fraction of sp³-hybridized carbons (Fsp3) is 0.200. The molecule has 56 heavy (non-hydrogen) atoms. The van der Waals surface area contributed by atoms with Crippen LogP contribution in [0.5, 0.6) is 0 Å². The van der Waals surface area contributed by atoms with Crippen LogP contribution in [0.25, 0.3) is 0 Å². The van der Waals surface area contributed by atoms with Gasteiger partial charge in [0.05, 0.1) is 18.1 Å². The van der Waals surface area contributed by atoms with Crippen molar-refractivity contribution in [1.29, 1.82) is 0 Å². The lowest BCUT2D eigenvalue weighted by molar-refractivity contribution is -0.156. The first-order valence-corrected chi connectivity index (χ1v) is 23.7. The minimum atomic E-state index is -3.21. The summed E-state index contributed by atoms with van der Waals surface area (Å²) in [5.74, 6) is -2.41. The first kappa shape index (κ1) is 40.0. The standard InChI is InChI=1S/C45H46N3O6PSi/c1-6-29-53-45(52)44(55(36-19-10-7-11-20-36,37-21-12-8-13-22-37)38-23-14-9-15-24-38)48-39(41(43(48)51)32(2)54-56(3,4)5)31-40(49)33-17-16-18-34(30-33)42(50)47-35-25-27-46-28-26-35/h6-28,30,32,39,41H,1,29,31H2,2-5H3,(H,46,47,50). The number of Topliss-reactive ketones (excluding diaryl/α,β-unsaturated/α-hetero) is 1. The number of ether oxygens (including phenoxy) is 1. The van der Waals surface area contributed by atoms with Gasteiger partial charge in [0, 0.05) is 42.5 Å². The zero-order valence-corrected chi connectivity index (χ0v) is 33.9. The van der Waals surface area contributed by atoms with Crippen molar-refractivity contribution >= 4 is 65.8 Å². The van der Waals surface area contributed by atoms with Crippen LogP contribution in [-0.2, 0) is 18.8 Å². The number of β-lactam (4-membered cyclic amide) rings is 1. The van der Waals surface area contributed by atoms with Crippen molar-refractivity contribution in [3.8, 4) is 0 Å². The van der Waals surface area contributed by atoms with E-state index in [2.05, 4.69) is 16.9 Å². The van der Waals surface area contributed by atoms with Crippen LogP contribution in [0.4, 0.5) is 5.69 Å². The molecule has 1 saturated heterocycles. The van der Waals surface area contributed by atoms with Crippen molar-refractivity contribution in [3.63, 3.8) is 0 Å². The number of aromatic nitrogens is 1. The van der Waals surface area contributed by atoms with E-state index in [0.29, 0.717) is 16.8 Å². The van der Waals surface area contributed by atoms with Crippen molar-refractivity contribution in [3.05, 3.63) is 164 Å². The summed E-state index contributed by atoms with van der Waals surface area (Å²) in [6, 6.07) is 38.3. The molecule has 1 aliphatic rings. The minimum Gasteiger partial charge on any atom is -0.457 e. The van der Waals surface area contributed by atoms with E-state index in [0.717, 1.165) is 15.9 Å². The van der Waals surface area contributed by atoms with Gasteiger partial charge < -0.3 is 19.4 Å². The molecule has 5 aromatic rings. The lowest BCUT2D eigenvalue weighted by atomic mass is 9.79. The molecule has 0 bridgehead atoms. The lowest BCUT2D eigenvalue weighted by Gasteiger charge is -2.52. The van der Waals surface area contributed by atoms with Gasteiger partial charge in [0.1, 0.15) is 12.0 Å². The number of pyridine rings is 1. The van der Waals surface area contributed by atoms with E-state index in [-0.39, 0.29) is 36.0 Å². The largest absolute Gasteiger partial charge is 0.457 e. The highest BCUT2D eigenvalue weighted by atomic mass is 31.2. The summed E-state index contributed by atoms with van der Waals surface area (Å²) >= 11 is 0. The van der Waals surface area contributed by atoms with Gasteiger partial charge in [0.15, 0.2) is 14.1 Å². The monoisotopic (exact) mass is 783 g/mol. The number of nitrogens with one attached hydrogen (secondary N) is 1. The predicted molar refractivity (Wildman–Crippen MR) is 227 cm³/mol. The summed E-state index contributed by atoms with van der Waals surface area (Å²) in [4.78, 5) is 63.1. The molecule has 1 aliphatic heterocycles. The second kappa shape index (κ2) is 17.4. The Kier molecular flexibility index (Phi) is 12.4. The van der Waals surface area contributed by atoms with Gasteiger partial charge in [-0.15, -0.1) is 0 Å². The number of hydrogen-bond acceptors (Lipinski definition) is 7. The highest BCUT2D eigenvalue weighted by Gasteiger charge is 2.56. The molecular formula is C45H46N3O6PSi. The van der Waals surface area contributed by atoms with Gasteiger partial charge in [-0.2, -0.15) is 0 Å². The van der Waals surface area contributed by atoms with E-state index in [1.54, 1.807) is 48.8 Å². The average Bonchev–Trinajstić information content (AvgIpc) is 3.20. The van der Waals surface area contributed by atoms with Crippen LogP contribution in [0, 0.1) is 5.92 Å². The Morgan fingerprint density at radius 3 is 1.88 bits per heavy atom. The number of carbonyl (C=O) groups excluding carboxylic acids is 4. The van der Waals surface area contributed by atoms with Gasteiger partial charge in [0.25, 0.3) is 5.91 Å². The molecule has 11 heteroatoms. The summed E-state index contributed by atoms with van der Waals surface area (Å²) in [5, 5.41) is 5.35. The Morgan fingerprint density at radius 1 is 0.821 bits per heavy atom. The number of rotatable bonds is 15. The van der Waals surface area contributed by atoms with E-state index >= 15 is 0 Å². The van der Waals surface area contributed by atoms with Gasteiger partial charge in [0.2, 0.25) is 5.91 Å². The molecule has 1 fully saturated rings. The summed E-state index contributed by atoms with van der Waals surface area (Å²) in [6.07, 6.45) is 3.96. The second-order valence-corrected chi connectivity index (χ2v) is 22.3. The third-order valence-corrected chi connectivity index (χ3v) is 14.9. The fourth-order valence-corrected chi connectivity index (χ4v) is 13.0. The summed E-state index contributed by atoms with van der Waals surface area (Å²) in [7, 11) is -2.17. The number of esters is 1. The van der Waals surface area contributed by atoms with Gasteiger partial charge in [-0.25, -0.2) is 4.79 Å². The highest BCUT2D eigenvalue weighted by molar-refractivity contribution is 7.96. The topological polar surface area (TPSA) is 115 Å².